The van der Waals surface area contributed by atoms with Gasteiger partial charge in [-0.2, -0.15) is 9.97 Å². The zero-order chi connectivity index (χ0) is 14.7. The fraction of sp³-hybridized carbons (Fsp3) is 0.0833. The Balaban J connectivity index is 2.06. The van der Waals surface area contributed by atoms with Gasteiger partial charge in [0.15, 0.2) is 5.82 Å². The van der Waals surface area contributed by atoms with E-state index in [1.165, 1.54) is 18.2 Å². The minimum atomic E-state index is -0.407. The van der Waals surface area contributed by atoms with Crippen LogP contribution in [0.2, 0.25) is 10.0 Å². The molecular formula is C12H9Cl2N3O3. The van der Waals surface area contributed by atoms with Crippen molar-refractivity contribution in [3.8, 4) is 11.8 Å². The van der Waals surface area contributed by atoms with Crippen molar-refractivity contribution in [2.24, 2.45) is 0 Å². The summed E-state index contributed by atoms with van der Waals surface area (Å²) in [7, 11) is 0. The quantitative estimate of drug-likeness (QED) is 0.806. The largest absolute Gasteiger partial charge is 0.493 e. The number of aromatic nitrogens is 2. The molecule has 0 unspecified atom stereocenters. The molecule has 8 heteroatoms. The maximum atomic E-state index is 11.9. The van der Waals surface area contributed by atoms with Crippen LogP contribution in [-0.4, -0.2) is 26.1 Å². The monoisotopic (exact) mass is 313 g/mol. The summed E-state index contributed by atoms with van der Waals surface area (Å²) in [6.07, 6.45) is 0. The Morgan fingerprint density at radius 3 is 2.35 bits per heavy atom. The van der Waals surface area contributed by atoms with Gasteiger partial charge in [-0.3, -0.25) is 4.79 Å². The van der Waals surface area contributed by atoms with Crippen molar-refractivity contribution in [3.05, 3.63) is 45.7 Å². The van der Waals surface area contributed by atoms with Crippen molar-refractivity contribution >= 4 is 29.1 Å². The minimum Gasteiger partial charge on any atom is -0.493 e. The first-order chi connectivity index (χ1) is 9.45. The number of amides is 1. The molecule has 0 spiro atoms. The van der Waals surface area contributed by atoms with Crippen molar-refractivity contribution < 1.29 is 15.0 Å². The molecular weight excluding hydrogens is 305 g/mol. The zero-order valence-electron chi connectivity index (χ0n) is 9.97. The van der Waals surface area contributed by atoms with Crippen LogP contribution in [0, 0.1) is 0 Å². The Labute approximate surface area is 124 Å². The van der Waals surface area contributed by atoms with Gasteiger partial charge in [0, 0.05) is 5.56 Å². The molecule has 104 valence electrons. The molecule has 0 fully saturated rings. The number of benzene rings is 1. The Kier molecular flexibility index (Phi) is 4.26. The molecule has 0 aliphatic heterocycles. The summed E-state index contributed by atoms with van der Waals surface area (Å²) in [4.78, 5) is 19.2. The third kappa shape index (κ3) is 3.49. The molecule has 3 N–H and O–H groups in total. The van der Waals surface area contributed by atoms with Crippen molar-refractivity contribution in [2.45, 2.75) is 6.54 Å². The maximum absolute atomic E-state index is 11.9. The van der Waals surface area contributed by atoms with Crippen molar-refractivity contribution in [1.29, 1.82) is 0 Å². The van der Waals surface area contributed by atoms with Crippen LogP contribution in [0.4, 0.5) is 0 Å². The molecule has 2 aromatic rings. The van der Waals surface area contributed by atoms with E-state index in [4.69, 9.17) is 23.2 Å². The van der Waals surface area contributed by atoms with E-state index in [1.54, 1.807) is 0 Å². The van der Waals surface area contributed by atoms with Crippen LogP contribution >= 0.6 is 23.2 Å². The highest BCUT2D eigenvalue weighted by Gasteiger charge is 2.09. The van der Waals surface area contributed by atoms with Crippen molar-refractivity contribution in [2.75, 3.05) is 0 Å². The molecule has 1 aromatic heterocycles. The van der Waals surface area contributed by atoms with Crippen LogP contribution in [0.25, 0.3) is 0 Å². The predicted molar refractivity (Wildman–Crippen MR) is 73.0 cm³/mol. The molecule has 0 saturated heterocycles. The summed E-state index contributed by atoms with van der Waals surface area (Å²) >= 11 is 11.6. The second-order valence-corrected chi connectivity index (χ2v) is 4.63. The number of halogens is 2. The van der Waals surface area contributed by atoms with Crippen LogP contribution < -0.4 is 5.32 Å². The van der Waals surface area contributed by atoms with E-state index >= 15 is 0 Å². The molecule has 0 radical (unpaired) electrons. The zero-order valence-corrected chi connectivity index (χ0v) is 11.5. The highest BCUT2D eigenvalue weighted by molar-refractivity contribution is 6.42. The lowest BCUT2D eigenvalue weighted by Gasteiger charge is -2.06. The normalized spacial score (nSPS) is 10.3. The number of carbonyl (C=O) groups is 1. The average molecular weight is 314 g/mol. The third-order valence-electron chi connectivity index (χ3n) is 2.33. The summed E-state index contributed by atoms with van der Waals surface area (Å²) in [6.45, 7) is -0.0545. The Bertz CT molecular complexity index is 644. The van der Waals surface area contributed by atoms with Crippen LogP contribution in [0.3, 0.4) is 0 Å². The van der Waals surface area contributed by atoms with Gasteiger partial charge in [-0.05, 0) is 18.2 Å². The van der Waals surface area contributed by atoms with Gasteiger partial charge in [-0.1, -0.05) is 23.2 Å². The summed E-state index contributed by atoms with van der Waals surface area (Å²) in [6, 6.07) is 5.45. The Hall–Kier alpha value is -2.05. The first-order valence-electron chi connectivity index (χ1n) is 5.45. The second kappa shape index (κ2) is 5.94. The van der Waals surface area contributed by atoms with Crippen LogP contribution in [-0.2, 0) is 6.54 Å². The fourth-order valence-electron chi connectivity index (χ4n) is 1.45. The lowest BCUT2D eigenvalue weighted by atomic mass is 10.2. The fourth-order valence-corrected chi connectivity index (χ4v) is 1.75. The van der Waals surface area contributed by atoms with Gasteiger partial charge in [-0.15, -0.1) is 0 Å². The lowest BCUT2D eigenvalue weighted by molar-refractivity contribution is 0.0949. The number of aromatic hydroxyl groups is 2. The van der Waals surface area contributed by atoms with E-state index in [0.717, 1.165) is 6.07 Å². The van der Waals surface area contributed by atoms with Crippen LogP contribution in [0.1, 0.15) is 16.2 Å². The molecule has 0 atom stereocenters. The van der Waals surface area contributed by atoms with Gasteiger partial charge in [-0.25, -0.2) is 0 Å². The van der Waals surface area contributed by atoms with E-state index in [0.29, 0.717) is 10.6 Å². The molecule has 1 heterocycles. The van der Waals surface area contributed by atoms with Crippen molar-refractivity contribution in [3.63, 3.8) is 0 Å². The first-order valence-corrected chi connectivity index (χ1v) is 6.20. The number of nitrogens with zero attached hydrogens (tertiary/aromatic N) is 2. The number of carbonyl (C=O) groups excluding carboxylic acids is 1. The standard InChI is InChI=1S/C12H9Cl2N3O3/c13-7-2-1-6(3-8(7)14)12(20)15-5-9-16-10(18)4-11(19)17-9/h1-4H,5H2,(H,15,20)(H2,16,17,18,19). The molecule has 2 rings (SSSR count). The highest BCUT2D eigenvalue weighted by Crippen LogP contribution is 2.22. The number of rotatable bonds is 3. The van der Waals surface area contributed by atoms with E-state index < -0.39 is 5.91 Å². The highest BCUT2D eigenvalue weighted by atomic mass is 35.5. The van der Waals surface area contributed by atoms with Crippen LogP contribution in [0.15, 0.2) is 24.3 Å². The van der Waals surface area contributed by atoms with Gasteiger partial charge in [0.2, 0.25) is 11.8 Å². The van der Waals surface area contributed by atoms with Gasteiger partial charge in [0.1, 0.15) is 0 Å². The summed E-state index contributed by atoms with van der Waals surface area (Å²) < 4.78 is 0. The van der Waals surface area contributed by atoms with Crippen molar-refractivity contribution in [1.82, 2.24) is 15.3 Å². The number of hydrogen-bond donors (Lipinski definition) is 3. The minimum absolute atomic E-state index is 0.0545. The molecule has 20 heavy (non-hydrogen) atoms. The predicted octanol–water partition coefficient (Wildman–Crippen LogP) is 2.12. The molecule has 0 saturated carbocycles. The molecule has 0 aliphatic carbocycles. The van der Waals surface area contributed by atoms with Gasteiger partial charge >= 0.3 is 0 Å². The molecule has 0 aliphatic rings. The average Bonchev–Trinajstić information content (AvgIpc) is 2.38. The number of hydrogen-bond acceptors (Lipinski definition) is 5. The third-order valence-corrected chi connectivity index (χ3v) is 3.07. The van der Waals surface area contributed by atoms with E-state index in [1.807, 2.05) is 0 Å². The Morgan fingerprint density at radius 2 is 1.75 bits per heavy atom. The van der Waals surface area contributed by atoms with Gasteiger partial charge < -0.3 is 15.5 Å². The summed E-state index contributed by atoms with van der Waals surface area (Å²) in [5.41, 5.74) is 0.323. The van der Waals surface area contributed by atoms with Gasteiger partial charge in [0.25, 0.3) is 5.91 Å². The summed E-state index contributed by atoms with van der Waals surface area (Å²) in [5, 5.41) is 21.5. The SMILES string of the molecule is O=C(NCc1nc(O)cc(O)n1)c1ccc(Cl)c(Cl)c1. The van der Waals surface area contributed by atoms with E-state index in [9.17, 15) is 15.0 Å². The second-order valence-electron chi connectivity index (χ2n) is 3.81. The summed E-state index contributed by atoms with van der Waals surface area (Å²) in [5.74, 6) is -1.08. The van der Waals surface area contributed by atoms with E-state index in [-0.39, 0.29) is 29.2 Å². The molecule has 1 amide bonds. The van der Waals surface area contributed by atoms with Gasteiger partial charge in [0.05, 0.1) is 22.7 Å². The smallest absolute Gasteiger partial charge is 0.251 e. The molecule has 0 bridgehead atoms. The number of nitrogens with one attached hydrogen (secondary N) is 1. The van der Waals surface area contributed by atoms with E-state index in [2.05, 4.69) is 15.3 Å². The lowest BCUT2D eigenvalue weighted by Crippen LogP contribution is -2.23. The van der Waals surface area contributed by atoms with Crippen LogP contribution in [0.5, 0.6) is 11.8 Å². The Morgan fingerprint density at radius 1 is 1.10 bits per heavy atom. The topological polar surface area (TPSA) is 95.3 Å². The molecule has 1 aromatic carbocycles. The first kappa shape index (κ1) is 14.4. The maximum Gasteiger partial charge on any atom is 0.251 e. The molecule has 6 nitrogen and oxygen atoms in total.